The van der Waals surface area contributed by atoms with Crippen LogP contribution in [0.1, 0.15) is 21.6 Å². The van der Waals surface area contributed by atoms with Crippen LogP contribution in [0.2, 0.25) is 0 Å². The van der Waals surface area contributed by atoms with E-state index < -0.39 is 62.3 Å². The van der Waals surface area contributed by atoms with Crippen LogP contribution in [0.3, 0.4) is 0 Å². The van der Waals surface area contributed by atoms with Gasteiger partial charge < -0.3 is 18.9 Å². The zero-order valence-corrected chi connectivity index (χ0v) is 25.9. The van der Waals surface area contributed by atoms with Gasteiger partial charge in [0.15, 0.2) is 9.84 Å². The number of ether oxygens (including phenoxy) is 2. The maximum absolute atomic E-state index is 14.4. The number of halogens is 1. The number of benzene rings is 2. The zero-order valence-electron chi connectivity index (χ0n) is 23.4. The second-order valence-electron chi connectivity index (χ2n) is 9.12. The summed E-state index contributed by atoms with van der Waals surface area (Å²) in [7, 11) is -4.74. The number of carbonyl (C=O) groups excluding carboxylic acids is 2. The van der Waals surface area contributed by atoms with Crippen molar-refractivity contribution in [1.82, 2.24) is 4.57 Å². The molecule has 0 saturated heterocycles. The molecule has 1 heterocycles. The summed E-state index contributed by atoms with van der Waals surface area (Å²) < 4.78 is 61.9. The minimum absolute atomic E-state index is 0.0497. The molecule has 0 aliphatic heterocycles. The number of esters is 2. The minimum atomic E-state index is -3.45. The van der Waals surface area contributed by atoms with Crippen molar-refractivity contribution in [1.29, 1.82) is 0 Å². The summed E-state index contributed by atoms with van der Waals surface area (Å²) in [6.45, 7) is 1.10. The van der Waals surface area contributed by atoms with E-state index in [1.165, 1.54) is 24.5 Å². The van der Waals surface area contributed by atoms with E-state index in [0.717, 1.165) is 18.0 Å². The molecule has 0 saturated carbocycles. The van der Waals surface area contributed by atoms with Crippen molar-refractivity contribution in [3.05, 3.63) is 81.3 Å². The number of thioether (sulfide) groups is 1. The Morgan fingerprint density at radius 2 is 1.81 bits per heavy atom. The largest absolute Gasteiger partial charge is 0.465 e. The maximum atomic E-state index is 14.4. The zero-order chi connectivity index (χ0) is 31.7. The van der Waals surface area contributed by atoms with Gasteiger partial charge in [-0.05, 0) is 48.4 Å². The number of rotatable bonds is 15. The molecule has 0 bridgehead atoms. The molecular weight excluding hydrogens is 628 g/mol. The number of hydrogen-bond donors (Lipinski definition) is 0. The number of sulfone groups is 1. The smallest absolute Gasteiger partial charge is 0.340 e. The van der Waals surface area contributed by atoms with Gasteiger partial charge >= 0.3 is 11.9 Å². The van der Waals surface area contributed by atoms with Crippen molar-refractivity contribution in [2.75, 3.05) is 43.2 Å². The molecule has 0 amide bonds. The second kappa shape index (κ2) is 15.1. The Balaban J connectivity index is 2.09. The van der Waals surface area contributed by atoms with Crippen molar-refractivity contribution < 1.29 is 46.0 Å². The van der Waals surface area contributed by atoms with Crippen molar-refractivity contribution in [2.24, 2.45) is 0 Å². The molecule has 43 heavy (non-hydrogen) atoms. The molecule has 3 rings (SSSR count). The molecule has 1 unspecified atom stereocenters. The third-order valence-electron chi connectivity index (χ3n) is 6.01. The van der Waals surface area contributed by atoms with Crippen LogP contribution in [-0.4, -0.2) is 77.4 Å². The molecule has 0 aliphatic rings. The monoisotopic (exact) mass is 656 g/mol. The molecule has 0 spiro atoms. The van der Waals surface area contributed by atoms with Gasteiger partial charge in [0, 0.05) is 45.3 Å². The van der Waals surface area contributed by atoms with E-state index in [2.05, 4.69) is 4.84 Å². The molecular formula is C27H29FN2O10S3. The Morgan fingerprint density at radius 1 is 1.12 bits per heavy atom. The first kappa shape index (κ1) is 33.7. The Kier molecular flexibility index (Phi) is 11.9. The quantitative estimate of drug-likeness (QED) is 0.0774. The Labute approximate surface area is 254 Å². The average Bonchev–Trinajstić information content (AvgIpc) is 3.21. The third kappa shape index (κ3) is 9.62. The first-order valence-corrected chi connectivity index (χ1v) is 17.3. The fourth-order valence-corrected chi connectivity index (χ4v) is 5.48. The topological polar surface area (TPSA) is 161 Å². The molecule has 16 heteroatoms. The minimum Gasteiger partial charge on any atom is -0.465 e. The number of nitrogens with zero attached hydrogens (tertiary/aromatic N) is 2. The van der Waals surface area contributed by atoms with E-state index >= 15 is 0 Å². The molecule has 0 radical (unpaired) electrons. The molecule has 0 N–H and O–H groups in total. The second-order valence-corrected chi connectivity index (χ2v) is 13.8. The number of hydrogen-bond acceptors (Lipinski definition) is 11. The van der Waals surface area contributed by atoms with Crippen LogP contribution in [0.4, 0.5) is 4.39 Å². The predicted molar refractivity (Wildman–Crippen MR) is 158 cm³/mol. The maximum Gasteiger partial charge on any atom is 0.340 e. The van der Waals surface area contributed by atoms with Crippen LogP contribution in [-0.2, 0) is 46.2 Å². The Bertz CT molecular complexity index is 1620. The van der Waals surface area contributed by atoms with Crippen LogP contribution < -0.4 is 0 Å². The molecule has 0 fully saturated rings. The highest BCUT2D eigenvalue weighted by atomic mass is 32.2. The van der Waals surface area contributed by atoms with Gasteiger partial charge in [-0.15, -0.1) is 21.9 Å². The highest BCUT2D eigenvalue weighted by Crippen LogP contribution is 2.36. The van der Waals surface area contributed by atoms with Crippen molar-refractivity contribution in [3.8, 4) is 16.9 Å². The van der Waals surface area contributed by atoms with Crippen LogP contribution >= 0.6 is 11.8 Å². The van der Waals surface area contributed by atoms with E-state index in [-0.39, 0.29) is 35.1 Å². The van der Waals surface area contributed by atoms with E-state index in [9.17, 15) is 36.7 Å². The van der Waals surface area contributed by atoms with Gasteiger partial charge in [-0.1, -0.05) is 18.2 Å². The lowest BCUT2D eigenvalue weighted by Gasteiger charge is -2.14. The molecule has 2 aromatic carbocycles. The Hall–Kier alpha value is -3.76. The lowest BCUT2D eigenvalue weighted by Crippen LogP contribution is -2.17. The number of carbonyl (C=O) groups is 2. The predicted octanol–water partition coefficient (Wildman–Crippen LogP) is 3.52. The van der Waals surface area contributed by atoms with Gasteiger partial charge in [-0.25, -0.2) is 17.6 Å². The van der Waals surface area contributed by atoms with Crippen molar-refractivity contribution in [2.45, 2.75) is 18.2 Å². The first-order valence-electron chi connectivity index (χ1n) is 12.6. The van der Waals surface area contributed by atoms with Gasteiger partial charge in [0.2, 0.25) is 0 Å². The number of aromatic nitrogens is 1. The fraction of sp³-hybridized carbons (Fsp3) is 0.333. The molecule has 232 valence electrons. The summed E-state index contributed by atoms with van der Waals surface area (Å²) in [5, 5.41) is 9.32. The molecule has 0 aliphatic carbocycles. The summed E-state index contributed by atoms with van der Waals surface area (Å²) in [6.07, 6.45) is 2.11. The highest BCUT2D eigenvalue weighted by molar-refractivity contribution is 7.99. The summed E-state index contributed by atoms with van der Waals surface area (Å²) >= 11 is 1.03. The lowest BCUT2D eigenvalue weighted by atomic mass is 10.0. The van der Waals surface area contributed by atoms with Gasteiger partial charge in [-0.3, -0.25) is 9.00 Å². The first-order chi connectivity index (χ1) is 20.3. The molecule has 12 nitrogen and oxygen atoms in total. The average molecular weight is 657 g/mol. The molecule has 1 atom stereocenters. The van der Waals surface area contributed by atoms with Gasteiger partial charge in [-0.2, -0.15) is 0 Å². The molecule has 3 aromatic rings. The van der Waals surface area contributed by atoms with Crippen molar-refractivity contribution >= 4 is 44.3 Å². The Morgan fingerprint density at radius 3 is 2.42 bits per heavy atom. The van der Waals surface area contributed by atoms with Crippen molar-refractivity contribution in [3.63, 3.8) is 0 Å². The van der Waals surface area contributed by atoms with E-state index in [0.29, 0.717) is 21.8 Å². The van der Waals surface area contributed by atoms with Gasteiger partial charge in [0.25, 0.3) is 5.09 Å². The lowest BCUT2D eigenvalue weighted by molar-refractivity contribution is -0.752. The highest BCUT2D eigenvalue weighted by Gasteiger charge is 2.30. The van der Waals surface area contributed by atoms with E-state index in [1.54, 1.807) is 41.8 Å². The normalized spacial score (nSPS) is 12.0. The summed E-state index contributed by atoms with van der Waals surface area (Å²) in [4.78, 5) is 41.4. The van der Waals surface area contributed by atoms with Gasteiger partial charge in [0.1, 0.15) is 25.0 Å². The fourth-order valence-electron chi connectivity index (χ4n) is 4.10. The van der Waals surface area contributed by atoms with E-state index in [1.807, 2.05) is 0 Å². The SMILES string of the molecule is Cc1c(CC(=O)OCCSCO[N+](=O)[O-])c(C(=O)OCCS(C)(=O)=O)c(-c2ccc(S(C)=O)cc2)n1-c1cccc(F)c1. The third-order valence-corrected chi connectivity index (χ3v) is 8.58. The van der Waals surface area contributed by atoms with E-state index in [4.69, 9.17) is 9.47 Å². The van der Waals surface area contributed by atoms with Crippen LogP contribution in [0.15, 0.2) is 53.4 Å². The van der Waals surface area contributed by atoms with Crippen LogP contribution in [0.25, 0.3) is 16.9 Å². The van der Waals surface area contributed by atoms with Gasteiger partial charge in [0.05, 0.1) is 23.4 Å². The standard InChI is InChI=1S/C27H29FN2O10S3/c1-18-23(16-24(31)38-11-13-41-17-40-30(33)34)25(27(32)39-12-14-43(3,36)37)26(19-7-9-22(10-8-19)42(2)35)29(18)21-6-4-5-20(28)15-21/h4-10,15H,11-14,16-17H2,1-3H3. The van der Waals surface area contributed by atoms with Crippen LogP contribution in [0, 0.1) is 22.9 Å². The summed E-state index contributed by atoms with van der Waals surface area (Å²) in [5.74, 6) is -2.63. The van der Waals surface area contributed by atoms with Crippen LogP contribution in [0.5, 0.6) is 0 Å². The molecule has 1 aromatic heterocycles. The summed E-state index contributed by atoms with van der Waals surface area (Å²) in [5.41, 5.74) is 1.59. The summed E-state index contributed by atoms with van der Waals surface area (Å²) in [6, 6.07) is 12.1.